The van der Waals surface area contributed by atoms with Crippen LogP contribution in [0.1, 0.15) is 17.2 Å². The van der Waals surface area contributed by atoms with Gasteiger partial charge < -0.3 is 0 Å². The van der Waals surface area contributed by atoms with E-state index in [0.717, 1.165) is 23.0 Å². The Balaban J connectivity index is 2.53. The zero-order valence-corrected chi connectivity index (χ0v) is 8.52. The molecular formula is C10H12N4. The predicted octanol–water partition coefficient (Wildman–Crippen LogP) is 1.59. The summed E-state index contributed by atoms with van der Waals surface area (Å²) in [5.74, 6) is 1.74. The van der Waals surface area contributed by atoms with Crippen molar-refractivity contribution in [1.82, 2.24) is 19.5 Å². The highest BCUT2D eigenvalue weighted by Crippen LogP contribution is 2.08. The van der Waals surface area contributed by atoms with Gasteiger partial charge in [0, 0.05) is 12.4 Å². The Bertz CT molecular complexity index is 459. The first-order valence-electron chi connectivity index (χ1n) is 4.49. The van der Waals surface area contributed by atoms with E-state index < -0.39 is 0 Å². The van der Waals surface area contributed by atoms with E-state index in [-0.39, 0.29) is 0 Å². The minimum atomic E-state index is 0.822. The zero-order valence-electron chi connectivity index (χ0n) is 8.52. The van der Waals surface area contributed by atoms with Gasteiger partial charge in [0.05, 0.1) is 17.6 Å². The summed E-state index contributed by atoms with van der Waals surface area (Å²) in [5, 5.41) is 0. The van der Waals surface area contributed by atoms with Crippen molar-refractivity contribution >= 4 is 0 Å². The highest BCUT2D eigenvalue weighted by atomic mass is 15.1. The fraction of sp³-hybridized carbons (Fsp3) is 0.300. The predicted molar refractivity (Wildman–Crippen MR) is 53.4 cm³/mol. The minimum Gasteiger partial charge on any atom is -0.287 e. The van der Waals surface area contributed by atoms with Gasteiger partial charge >= 0.3 is 0 Å². The first-order valence-corrected chi connectivity index (χ1v) is 4.49. The largest absolute Gasteiger partial charge is 0.287 e. The molecule has 0 bridgehead atoms. The molecule has 0 aliphatic heterocycles. The molecule has 0 aliphatic carbocycles. The minimum absolute atomic E-state index is 0.822. The summed E-state index contributed by atoms with van der Waals surface area (Å²) < 4.78 is 1.92. The first kappa shape index (κ1) is 8.87. The van der Waals surface area contributed by atoms with Gasteiger partial charge in [-0.2, -0.15) is 0 Å². The Morgan fingerprint density at radius 1 is 1.07 bits per heavy atom. The van der Waals surface area contributed by atoms with Crippen LogP contribution in [0.3, 0.4) is 0 Å². The van der Waals surface area contributed by atoms with Crippen LogP contribution in [-0.4, -0.2) is 19.5 Å². The van der Waals surface area contributed by atoms with Crippen molar-refractivity contribution in [2.45, 2.75) is 20.8 Å². The Morgan fingerprint density at radius 3 is 2.43 bits per heavy atom. The van der Waals surface area contributed by atoms with Gasteiger partial charge in [-0.25, -0.2) is 9.97 Å². The van der Waals surface area contributed by atoms with Gasteiger partial charge in [-0.1, -0.05) is 0 Å². The molecule has 0 atom stereocenters. The van der Waals surface area contributed by atoms with Crippen molar-refractivity contribution in [3.8, 4) is 5.82 Å². The van der Waals surface area contributed by atoms with Crippen LogP contribution in [0.15, 0.2) is 18.6 Å². The average Bonchev–Trinajstić information content (AvgIpc) is 2.57. The summed E-state index contributed by atoms with van der Waals surface area (Å²) in [6, 6.07) is 0. The third-order valence-electron chi connectivity index (χ3n) is 2.25. The van der Waals surface area contributed by atoms with Crippen molar-refractivity contribution in [2.75, 3.05) is 0 Å². The van der Waals surface area contributed by atoms with Crippen LogP contribution in [0.2, 0.25) is 0 Å². The lowest BCUT2D eigenvalue weighted by molar-refractivity contribution is 0.893. The molecule has 0 aromatic carbocycles. The van der Waals surface area contributed by atoms with E-state index in [0.29, 0.717) is 0 Å². The van der Waals surface area contributed by atoms with Crippen LogP contribution in [-0.2, 0) is 0 Å². The lowest BCUT2D eigenvalue weighted by atomic mass is 10.3. The average molecular weight is 188 g/mol. The van der Waals surface area contributed by atoms with E-state index in [1.165, 1.54) is 0 Å². The molecule has 14 heavy (non-hydrogen) atoms. The molecule has 2 aromatic rings. The van der Waals surface area contributed by atoms with Gasteiger partial charge in [0.25, 0.3) is 0 Å². The Hall–Kier alpha value is -1.71. The summed E-state index contributed by atoms with van der Waals surface area (Å²) >= 11 is 0. The van der Waals surface area contributed by atoms with E-state index in [4.69, 9.17) is 0 Å². The van der Waals surface area contributed by atoms with Gasteiger partial charge in [-0.05, 0) is 20.8 Å². The van der Waals surface area contributed by atoms with Crippen LogP contribution in [0.4, 0.5) is 0 Å². The van der Waals surface area contributed by atoms with E-state index in [1.807, 2.05) is 31.5 Å². The second-order valence-electron chi connectivity index (χ2n) is 3.24. The molecule has 2 heterocycles. The summed E-state index contributed by atoms with van der Waals surface area (Å²) in [5.41, 5.74) is 1.92. The lowest BCUT2D eigenvalue weighted by Gasteiger charge is -2.05. The maximum Gasteiger partial charge on any atom is 0.156 e. The number of rotatable bonds is 1. The number of imidazole rings is 1. The molecule has 0 unspecified atom stereocenters. The molecule has 0 aliphatic rings. The maximum atomic E-state index is 4.44. The van der Waals surface area contributed by atoms with Gasteiger partial charge in [-0.3, -0.25) is 9.55 Å². The molecule has 0 spiro atoms. The molecule has 0 fully saturated rings. The highest BCUT2D eigenvalue weighted by Gasteiger charge is 2.03. The molecule has 0 N–H and O–H groups in total. The number of hydrogen-bond acceptors (Lipinski definition) is 3. The molecule has 72 valence electrons. The first-order chi connectivity index (χ1) is 6.68. The van der Waals surface area contributed by atoms with Crippen molar-refractivity contribution in [2.24, 2.45) is 0 Å². The van der Waals surface area contributed by atoms with Crippen LogP contribution in [0.5, 0.6) is 0 Å². The fourth-order valence-corrected chi connectivity index (χ4v) is 1.27. The van der Waals surface area contributed by atoms with Gasteiger partial charge in [0.15, 0.2) is 5.82 Å². The summed E-state index contributed by atoms with van der Waals surface area (Å²) in [6.45, 7) is 5.85. The molecule has 0 saturated carbocycles. The van der Waals surface area contributed by atoms with Crippen molar-refractivity contribution in [3.05, 3.63) is 35.8 Å². The Kier molecular flexibility index (Phi) is 2.04. The number of aromatic nitrogens is 4. The summed E-state index contributed by atoms with van der Waals surface area (Å²) in [6.07, 6.45) is 5.40. The highest BCUT2D eigenvalue weighted by molar-refractivity contribution is 5.24. The third-order valence-corrected chi connectivity index (χ3v) is 2.25. The van der Waals surface area contributed by atoms with Crippen molar-refractivity contribution in [3.63, 3.8) is 0 Å². The molecule has 2 rings (SSSR count). The maximum absolute atomic E-state index is 4.44. The van der Waals surface area contributed by atoms with Crippen LogP contribution >= 0.6 is 0 Å². The SMILES string of the molecule is Cc1ncc(-n2ccnc2C)nc1C. The normalized spacial score (nSPS) is 10.5. The van der Waals surface area contributed by atoms with Gasteiger partial charge in [0.1, 0.15) is 5.82 Å². The van der Waals surface area contributed by atoms with Crippen molar-refractivity contribution in [1.29, 1.82) is 0 Å². The van der Waals surface area contributed by atoms with E-state index in [9.17, 15) is 0 Å². The molecule has 0 amide bonds. The third kappa shape index (κ3) is 1.39. The second kappa shape index (κ2) is 3.21. The monoisotopic (exact) mass is 188 g/mol. The van der Waals surface area contributed by atoms with Crippen LogP contribution in [0, 0.1) is 20.8 Å². The summed E-state index contributed by atoms with van der Waals surface area (Å²) in [4.78, 5) is 12.8. The molecule has 0 saturated heterocycles. The quantitative estimate of drug-likeness (QED) is 0.682. The molecule has 4 nitrogen and oxygen atoms in total. The Labute approximate surface area is 82.7 Å². The van der Waals surface area contributed by atoms with E-state index in [1.54, 1.807) is 12.4 Å². The Morgan fingerprint density at radius 2 is 1.86 bits per heavy atom. The molecule has 4 heteroatoms. The molecule has 0 radical (unpaired) electrons. The molecule has 2 aromatic heterocycles. The zero-order chi connectivity index (χ0) is 10.1. The number of aryl methyl sites for hydroxylation is 3. The van der Waals surface area contributed by atoms with Crippen molar-refractivity contribution < 1.29 is 0 Å². The topological polar surface area (TPSA) is 43.6 Å². The second-order valence-corrected chi connectivity index (χ2v) is 3.24. The van der Waals surface area contributed by atoms with Crippen LogP contribution < -0.4 is 0 Å². The standard InChI is InChI=1S/C10H12N4/c1-7-8(2)13-10(6-12-7)14-5-4-11-9(14)3/h4-6H,1-3H3. The van der Waals surface area contributed by atoms with Gasteiger partial charge in [0.2, 0.25) is 0 Å². The fourth-order valence-electron chi connectivity index (χ4n) is 1.27. The van der Waals surface area contributed by atoms with E-state index >= 15 is 0 Å². The van der Waals surface area contributed by atoms with E-state index in [2.05, 4.69) is 15.0 Å². The summed E-state index contributed by atoms with van der Waals surface area (Å²) in [7, 11) is 0. The van der Waals surface area contributed by atoms with Gasteiger partial charge in [-0.15, -0.1) is 0 Å². The smallest absolute Gasteiger partial charge is 0.156 e. The van der Waals surface area contributed by atoms with Crippen LogP contribution in [0.25, 0.3) is 5.82 Å². The molecular weight excluding hydrogens is 176 g/mol. The number of nitrogens with zero attached hydrogens (tertiary/aromatic N) is 4. The lowest BCUT2D eigenvalue weighted by Crippen LogP contribution is -2.02. The number of hydrogen-bond donors (Lipinski definition) is 0.